The van der Waals surface area contributed by atoms with Crippen LogP contribution in [0.2, 0.25) is 0 Å². The van der Waals surface area contributed by atoms with E-state index in [2.05, 4.69) is 26.3 Å². The molecule has 1 saturated heterocycles. The van der Waals surface area contributed by atoms with Crippen molar-refractivity contribution in [1.82, 2.24) is 19.2 Å². The second kappa shape index (κ2) is 11.3. The first-order valence-electron chi connectivity index (χ1n) is 13.5. The minimum Gasteiger partial charge on any atom is -0.369 e. The Morgan fingerprint density at radius 3 is 2.18 bits per heavy atom. The monoisotopic (exact) mass is 524 g/mol. The molecule has 2 heterocycles. The lowest BCUT2D eigenvalue weighted by atomic mass is 10.0. The van der Waals surface area contributed by atoms with E-state index in [0.717, 1.165) is 59.9 Å². The molecule has 1 atom stereocenters. The van der Waals surface area contributed by atoms with Crippen molar-refractivity contribution in [2.24, 2.45) is 0 Å². The number of piperazine rings is 1. The first-order valence-corrected chi connectivity index (χ1v) is 13.5. The summed E-state index contributed by atoms with van der Waals surface area (Å²) >= 11 is 0. The van der Waals surface area contributed by atoms with E-state index in [0.29, 0.717) is 0 Å². The third-order valence-electron chi connectivity index (χ3n) is 7.37. The Balaban J connectivity index is 1.30. The number of hydrogen-bond acceptors (Lipinski definition) is 5. The molecule has 5 rings (SSSR count). The van der Waals surface area contributed by atoms with Crippen LogP contribution in [0.3, 0.4) is 0 Å². The van der Waals surface area contributed by atoms with Crippen molar-refractivity contribution >= 4 is 17.3 Å². The van der Waals surface area contributed by atoms with E-state index in [9.17, 15) is 9.59 Å². The fourth-order valence-electron chi connectivity index (χ4n) is 5.15. The Bertz CT molecular complexity index is 1480. The third-order valence-corrected chi connectivity index (χ3v) is 7.37. The van der Waals surface area contributed by atoms with Crippen molar-refractivity contribution in [3.63, 3.8) is 0 Å². The molecule has 0 aliphatic carbocycles. The van der Waals surface area contributed by atoms with E-state index >= 15 is 0 Å². The second-order valence-corrected chi connectivity index (χ2v) is 10.5. The molecule has 8 nitrogen and oxygen atoms in total. The number of rotatable bonds is 7. The van der Waals surface area contributed by atoms with Gasteiger partial charge < -0.3 is 10.2 Å². The normalized spacial score (nSPS) is 14.9. The molecule has 39 heavy (non-hydrogen) atoms. The molecule has 0 spiro atoms. The van der Waals surface area contributed by atoms with Crippen LogP contribution < -0.4 is 15.9 Å². The summed E-state index contributed by atoms with van der Waals surface area (Å²) < 4.78 is 3.05. The molecule has 1 fully saturated rings. The molecule has 3 aromatic carbocycles. The van der Waals surface area contributed by atoms with Gasteiger partial charge in [-0.15, -0.1) is 0 Å². The predicted octanol–water partition coefficient (Wildman–Crippen LogP) is 4.73. The van der Waals surface area contributed by atoms with Gasteiger partial charge in [0.25, 0.3) is 0 Å². The summed E-state index contributed by atoms with van der Waals surface area (Å²) in [5.74, 6) is -0.0138. The molecule has 1 aliphatic rings. The molecular weight excluding hydrogens is 488 g/mol. The van der Waals surface area contributed by atoms with E-state index in [1.54, 1.807) is 10.9 Å². The zero-order valence-corrected chi connectivity index (χ0v) is 23.0. The highest BCUT2D eigenvalue weighted by Gasteiger charge is 2.31. The third kappa shape index (κ3) is 5.66. The Labute approximate surface area is 229 Å². The largest absolute Gasteiger partial charge is 0.369 e. The van der Waals surface area contributed by atoms with Crippen molar-refractivity contribution in [1.29, 1.82) is 0 Å². The second-order valence-electron chi connectivity index (χ2n) is 10.5. The molecule has 1 aromatic heterocycles. The van der Waals surface area contributed by atoms with Gasteiger partial charge in [0.15, 0.2) is 0 Å². The average molecular weight is 525 g/mol. The summed E-state index contributed by atoms with van der Waals surface area (Å²) in [6.07, 6.45) is 1.57. The summed E-state index contributed by atoms with van der Waals surface area (Å²) in [6.45, 7) is 11.0. The summed E-state index contributed by atoms with van der Waals surface area (Å²) in [5, 5.41) is 7.42. The van der Waals surface area contributed by atoms with Crippen LogP contribution in [-0.4, -0.2) is 51.3 Å². The number of hydrogen-bond donors (Lipinski definition) is 1. The number of carbonyl (C=O) groups excluding carboxylic acids is 1. The van der Waals surface area contributed by atoms with Crippen LogP contribution in [0.1, 0.15) is 42.6 Å². The number of anilines is 2. The molecule has 1 amide bonds. The van der Waals surface area contributed by atoms with Crippen molar-refractivity contribution in [2.75, 3.05) is 36.4 Å². The van der Waals surface area contributed by atoms with Gasteiger partial charge in [0.05, 0.1) is 11.7 Å². The maximum atomic E-state index is 13.7. The first-order chi connectivity index (χ1) is 18.8. The van der Waals surface area contributed by atoms with Crippen molar-refractivity contribution in [3.05, 3.63) is 106 Å². The van der Waals surface area contributed by atoms with Crippen molar-refractivity contribution in [3.8, 4) is 5.69 Å². The van der Waals surface area contributed by atoms with E-state index in [1.807, 2.05) is 94.4 Å². The van der Waals surface area contributed by atoms with E-state index in [1.165, 1.54) is 4.68 Å². The molecule has 4 aromatic rings. The number of benzene rings is 3. The topological polar surface area (TPSA) is 75.4 Å². The first kappa shape index (κ1) is 26.4. The van der Waals surface area contributed by atoms with E-state index in [-0.39, 0.29) is 23.7 Å². The van der Waals surface area contributed by atoms with Gasteiger partial charge in [-0.3, -0.25) is 9.69 Å². The Morgan fingerprint density at radius 2 is 1.54 bits per heavy atom. The molecule has 1 aliphatic heterocycles. The SMILES string of the molecule is Cc1ccc(C)c(NC(=O)C(c2ccccc2)N2CCN(c3ccc(-n4cnn(C(C)C)c4=O)cc3)CC2)c1. The molecule has 1 unspecified atom stereocenters. The number of nitrogens with one attached hydrogen (secondary N) is 1. The average Bonchev–Trinajstić information content (AvgIpc) is 3.33. The Hall–Kier alpha value is -4.17. The van der Waals surface area contributed by atoms with Gasteiger partial charge in [-0.2, -0.15) is 5.10 Å². The number of carbonyl (C=O) groups is 1. The quantitative estimate of drug-likeness (QED) is 0.378. The number of nitrogens with zero attached hydrogens (tertiary/aromatic N) is 5. The summed E-state index contributed by atoms with van der Waals surface area (Å²) in [7, 11) is 0. The van der Waals surface area contributed by atoms with E-state index in [4.69, 9.17) is 0 Å². The van der Waals surface area contributed by atoms with Gasteiger partial charge >= 0.3 is 5.69 Å². The zero-order chi connectivity index (χ0) is 27.5. The van der Waals surface area contributed by atoms with Crippen LogP contribution in [0, 0.1) is 13.8 Å². The standard InChI is InChI=1S/C31H36N6O2/c1-22(2)37-31(39)36(21-32-37)27-14-12-26(13-15-27)34-16-18-35(19-17-34)29(25-8-6-5-7-9-25)30(38)33-28-20-23(3)10-11-24(28)4/h5-15,20-22,29H,16-19H2,1-4H3,(H,33,38). The summed E-state index contributed by atoms with van der Waals surface area (Å²) in [6, 6.07) is 23.8. The minimum absolute atomic E-state index is 0.0111. The van der Waals surface area contributed by atoms with Crippen LogP contribution >= 0.6 is 0 Å². The molecule has 0 radical (unpaired) electrons. The highest BCUT2D eigenvalue weighted by molar-refractivity contribution is 5.96. The van der Waals surface area contributed by atoms with Crippen molar-refractivity contribution < 1.29 is 4.79 Å². The molecular formula is C31H36N6O2. The van der Waals surface area contributed by atoms with Crippen LogP contribution in [0.25, 0.3) is 5.69 Å². The van der Waals surface area contributed by atoms with Crippen molar-refractivity contribution in [2.45, 2.75) is 39.8 Å². The van der Waals surface area contributed by atoms with Crippen LogP contribution in [0.5, 0.6) is 0 Å². The van der Waals surface area contributed by atoms with Crippen LogP contribution in [0.15, 0.2) is 83.9 Å². The van der Waals surface area contributed by atoms with Gasteiger partial charge in [0, 0.05) is 37.6 Å². The summed E-state index contributed by atoms with van der Waals surface area (Å²) in [5.41, 5.74) is 5.76. The van der Waals surface area contributed by atoms with Gasteiger partial charge in [0.2, 0.25) is 5.91 Å². The maximum Gasteiger partial charge on any atom is 0.350 e. The molecule has 0 bridgehead atoms. The Morgan fingerprint density at radius 1 is 0.872 bits per heavy atom. The number of amides is 1. The highest BCUT2D eigenvalue weighted by Crippen LogP contribution is 2.27. The van der Waals surface area contributed by atoms with Gasteiger partial charge in [-0.1, -0.05) is 42.5 Å². The fourth-order valence-corrected chi connectivity index (χ4v) is 5.15. The molecule has 0 saturated carbocycles. The number of aryl methyl sites for hydroxylation is 2. The van der Waals surface area contributed by atoms with E-state index < -0.39 is 0 Å². The lowest BCUT2D eigenvalue weighted by Crippen LogP contribution is -2.50. The highest BCUT2D eigenvalue weighted by atomic mass is 16.2. The summed E-state index contributed by atoms with van der Waals surface area (Å²) in [4.78, 5) is 30.9. The molecule has 202 valence electrons. The Kier molecular flexibility index (Phi) is 7.65. The number of aromatic nitrogens is 3. The zero-order valence-electron chi connectivity index (χ0n) is 23.0. The molecule has 1 N–H and O–H groups in total. The minimum atomic E-state index is -0.375. The maximum absolute atomic E-state index is 13.7. The van der Waals surface area contributed by atoms with Crippen LogP contribution in [-0.2, 0) is 4.79 Å². The lowest BCUT2D eigenvalue weighted by molar-refractivity contribution is -0.121. The fraction of sp³-hybridized carbons (Fsp3) is 0.323. The van der Waals surface area contributed by atoms with Gasteiger partial charge in [-0.05, 0) is 74.7 Å². The lowest BCUT2D eigenvalue weighted by Gasteiger charge is -2.39. The van der Waals surface area contributed by atoms with Crippen LogP contribution in [0.4, 0.5) is 11.4 Å². The smallest absolute Gasteiger partial charge is 0.350 e. The predicted molar refractivity (Wildman–Crippen MR) is 156 cm³/mol. The van der Waals surface area contributed by atoms with Gasteiger partial charge in [-0.25, -0.2) is 14.0 Å². The molecule has 8 heteroatoms. The van der Waals surface area contributed by atoms with Gasteiger partial charge in [0.1, 0.15) is 12.4 Å².